The van der Waals surface area contributed by atoms with Gasteiger partial charge in [-0.3, -0.25) is 5.21 Å². The van der Waals surface area contributed by atoms with Crippen molar-refractivity contribution >= 4 is 27.7 Å². The number of rotatable bonds is 2. The zero-order valence-corrected chi connectivity index (χ0v) is 11.6. The van der Waals surface area contributed by atoms with Crippen LogP contribution in [0.15, 0.2) is 57.7 Å². The smallest absolute Gasteiger partial charge is 0.362 e. The predicted octanol–water partition coefficient (Wildman–Crippen LogP) is 2.22. The van der Waals surface area contributed by atoms with Gasteiger partial charge < -0.3 is 14.9 Å². The highest BCUT2D eigenvalue weighted by molar-refractivity contribution is 5.82. The molecule has 4 rings (SSSR count). The van der Waals surface area contributed by atoms with Crippen LogP contribution in [0.3, 0.4) is 0 Å². The minimum absolute atomic E-state index is 0.0232. The van der Waals surface area contributed by atoms with Gasteiger partial charge in [0.05, 0.1) is 11.2 Å². The van der Waals surface area contributed by atoms with Gasteiger partial charge >= 0.3 is 5.63 Å². The van der Waals surface area contributed by atoms with E-state index in [2.05, 4.69) is 10.3 Å². The third kappa shape index (κ3) is 2.13. The molecule has 0 saturated carbocycles. The summed E-state index contributed by atoms with van der Waals surface area (Å²) in [7, 11) is 0. The first-order valence-corrected chi connectivity index (χ1v) is 6.68. The highest BCUT2D eigenvalue weighted by Crippen LogP contribution is 2.22. The van der Waals surface area contributed by atoms with E-state index in [0.717, 1.165) is 5.39 Å². The molecule has 0 aliphatic rings. The molecule has 114 valence electrons. The molecule has 0 fully saturated rings. The number of aromatic nitrogens is 3. The molecular formula is C15H9N4O4-. The topological polar surface area (TPSA) is 107 Å². The summed E-state index contributed by atoms with van der Waals surface area (Å²) in [6.45, 7) is 0. The van der Waals surface area contributed by atoms with Crippen LogP contribution < -0.4 is 10.9 Å². The summed E-state index contributed by atoms with van der Waals surface area (Å²) in [5.74, 6) is 0. The Morgan fingerprint density at radius 3 is 2.83 bits per heavy atom. The number of para-hydroxylation sites is 1. The average molecular weight is 309 g/mol. The number of hydrogen-bond donors (Lipinski definition) is 1. The Bertz CT molecular complexity index is 1080. The maximum atomic E-state index is 12.2. The summed E-state index contributed by atoms with van der Waals surface area (Å²) >= 11 is 0. The van der Waals surface area contributed by atoms with Crippen LogP contribution in [0.25, 0.3) is 27.7 Å². The molecule has 2 heterocycles. The molecule has 1 N–H and O–H groups in total. The summed E-state index contributed by atoms with van der Waals surface area (Å²) in [6, 6.07) is 13.1. The lowest BCUT2D eigenvalue weighted by Crippen LogP contribution is -2.11. The molecule has 8 heteroatoms. The Kier molecular flexibility index (Phi) is 2.86. The molecule has 2 aromatic carbocycles. The predicted molar refractivity (Wildman–Crippen MR) is 82.5 cm³/mol. The van der Waals surface area contributed by atoms with E-state index >= 15 is 0 Å². The van der Waals surface area contributed by atoms with Crippen LogP contribution in [0.2, 0.25) is 0 Å². The monoisotopic (exact) mass is 309 g/mol. The molecule has 23 heavy (non-hydrogen) atoms. The van der Waals surface area contributed by atoms with Crippen molar-refractivity contribution < 1.29 is 9.62 Å². The third-order valence-electron chi connectivity index (χ3n) is 3.50. The fraction of sp³-hybridized carbons (Fsp3) is 0. The van der Waals surface area contributed by atoms with Gasteiger partial charge in [-0.25, -0.2) is 9.48 Å². The van der Waals surface area contributed by atoms with Gasteiger partial charge in [-0.05, 0) is 30.3 Å². The van der Waals surface area contributed by atoms with Crippen molar-refractivity contribution in [1.29, 1.82) is 0 Å². The lowest BCUT2D eigenvalue weighted by Gasteiger charge is -2.20. The average Bonchev–Trinajstić information content (AvgIpc) is 2.97. The second kappa shape index (κ2) is 4.90. The van der Waals surface area contributed by atoms with E-state index in [1.807, 2.05) is 12.1 Å². The Morgan fingerprint density at radius 1 is 1.17 bits per heavy atom. The van der Waals surface area contributed by atoms with Crippen LogP contribution >= 0.6 is 0 Å². The lowest BCUT2D eigenvalue weighted by molar-refractivity contribution is 0.296. The SMILES string of the molecule is O=c1oc2ccccc2cc1-n1nnc2cc(N([O-])O)ccc21. The first-order valence-electron chi connectivity index (χ1n) is 6.68. The Balaban J connectivity index is 1.95. The fourth-order valence-electron chi connectivity index (χ4n) is 2.41. The van der Waals surface area contributed by atoms with Crippen LogP contribution in [0.5, 0.6) is 0 Å². The highest BCUT2D eigenvalue weighted by atomic mass is 16.8. The third-order valence-corrected chi connectivity index (χ3v) is 3.50. The van der Waals surface area contributed by atoms with E-state index in [0.29, 0.717) is 16.6 Å². The Labute approximate surface area is 128 Å². The van der Waals surface area contributed by atoms with Crippen molar-refractivity contribution in [2.75, 3.05) is 5.23 Å². The van der Waals surface area contributed by atoms with Gasteiger partial charge in [0.15, 0.2) is 5.69 Å². The molecule has 0 saturated heterocycles. The Morgan fingerprint density at radius 2 is 2.00 bits per heavy atom. The number of hydrogen-bond acceptors (Lipinski definition) is 7. The normalized spacial score (nSPS) is 11.2. The van der Waals surface area contributed by atoms with E-state index < -0.39 is 5.63 Å². The number of nitrogens with zero attached hydrogens (tertiary/aromatic N) is 4. The van der Waals surface area contributed by atoms with E-state index in [-0.39, 0.29) is 16.6 Å². The molecule has 4 aromatic rings. The van der Waals surface area contributed by atoms with Crippen LogP contribution in [0.1, 0.15) is 0 Å². The molecule has 8 nitrogen and oxygen atoms in total. The molecule has 0 aliphatic heterocycles. The van der Waals surface area contributed by atoms with E-state index in [1.165, 1.54) is 16.8 Å². The van der Waals surface area contributed by atoms with Gasteiger partial charge in [-0.15, -0.1) is 5.10 Å². The van der Waals surface area contributed by atoms with Crippen LogP contribution in [0, 0.1) is 5.21 Å². The minimum atomic E-state index is -0.549. The van der Waals surface area contributed by atoms with Crippen LogP contribution in [-0.4, -0.2) is 20.2 Å². The van der Waals surface area contributed by atoms with Gasteiger partial charge in [-0.2, -0.15) is 0 Å². The summed E-state index contributed by atoms with van der Waals surface area (Å²) < 4.78 is 6.62. The van der Waals surface area contributed by atoms with Crippen molar-refractivity contribution in [3.63, 3.8) is 0 Å². The van der Waals surface area contributed by atoms with Crippen LogP contribution in [0.4, 0.5) is 5.69 Å². The van der Waals surface area contributed by atoms with Crippen molar-refractivity contribution in [2.24, 2.45) is 0 Å². The Hall–Kier alpha value is -3.23. The van der Waals surface area contributed by atoms with E-state index in [9.17, 15) is 10.0 Å². The summed E-state index contributed by atoms with van der Waals surface area (Å²) in [5.41, 5.74) is 1.04. The zero-order valence-electron chi connectivity index (χ0n) is 11.6. The van der Waals surface area contributed by atoms with Gasteiger partial charge in [-0.1, -0.05) is 23.4 Å². The van der Waals surface area contributed by atoms with Crippen molar-refractivity contribution in [1.82, 2.24) is 15.0 Å². The first-order chi connectivity index (χ1) is 11.1. The lowest BCUT2D eigenvalue weighted by atomic mass is 10.2. The summed E-state index contributed by atoms with van der Waals surface area (Å²) in [5, 5.41) is 28.2. The van der Waals surface area contributed by atoms with Crippen LogP contribution in [-0.2, 0) is 0 Å². The number of fused-ring (bicyclic) bond motifs is 2. The maximum Gasteiger partial charge on any atom is 0.362 e. The second-order valence-corrected chi connectivity index (χ2v) is 4.90. The fourth-order valence-corrected chi connectivity index (χ4v) is 2.41. The molecule has 0 radical (unpaired) electrons. The van der Waals surface area contributed by atoms with E-state index in [1.54, 1.807) is 24.3 Å². The maximum absolute atomic E-state index is 12.2. The molecule has 0 aliphatic carbocycles. The van der Waals surface area contributed by atoms with Gasteiger partial charge in [0.1, 0.15) is 11.1 Å². The molecule has 0 atom stereocenters. The highest BCUT2D eigenvalue weighted by Gasteiger charge is 2.13. The van der Waals surface area contributed by atoms with Crippen molar-refractivity contribution in [2.45, 2.75) is 0 Å². The quantitative estimate of drug-likeness (QED) is 0.447. The molecule has 0 spiro atoms. The number of anilines is 1. The zero-order chi connectivity index (χ0) is 16.0. The van der Waals surface area contributed by atoms with Gasteiger partial charge in [0.25, 0.3) is 0 Å². The second-order valence-electron chi connectivity index (χ2n) is 4.90. The molecule has 0 bridgehead atoms. The largest absolute Gasteiger partial charge is 0.733 e. The molecular weight excluding hydrogens is 300 g/mol. The van der Waals surface area contributed by atoms with Gasteiger partial charge in [0.2, 0.25) is 0 Å². The number of benzene rings is 2. The molecule has 0 amide bonds. The summed E-state index contributed by atoms with van der Waals surface area (Å²) in [4.78, 5) is 12.2. The minimum Gasteiger partial charge on any atom is -0.733 e. The van der Waals surface area contributed by atoms with Crippen molar-refractivity contribution in [3.8, 4) is 5.69 Å². The standard InChI is InChI=1S/C15H9N4O4/c20-15-13(7-9-3-1-2-4-14(9)23-15)18-12-6-5-10(19(21)22)8-11(12)16-17-18/h1-8,21H/q-1. The van der Waals surface area contributed by atoms with E-state index in [4.69, 9.17) is 9.62 Å². The molecule has 2 aromatic heterocycles. The van der Waals surface area contributed by atoms with Crippen molar-refractivity contribution in [3.05, 3.63) is 64.2 Å². The summed E-state index contributed by atoms with van der Waals surface area (Å²) in [6.07, 6.45) is 0. The van der Waals surface area contributed by atoms with Gasteiger partial charge in [0, 0.05) is 5.39 Å². The first kappa shape index (κ1) is 13.4. The molecule has 0 unspecified atom stereocenters.